The lowest BCUT2D eigenvalue weighted by Crippen LogP contribution is -2.32. The number of amides is 1. The number of hydrogen-bond acceptors (Lipinski definition) is 4. The maximum absolute atomic E-state index is 12.1. The minimum absolute atomic E-state index is 0. The number of anilines is 1. The van der Waals surface area contributed by atoms with E-state index in [0.717, 1.165) is 23.9 Å². The van der Waals surface area contributed by atoms with Crippen molar-refractivity contribution in [3.63, 3.8) is 0 Å². The number of nitrogens with zero attached hydrogens (tertiary/aromatic N) is 1. The van der Waals surface area contributed by atoms with Crippen LogP contribution in [0.5, 0.6) is 0 Å². The van der Waals surface area contributed by atoms with Gasteiger partial charge >= 0.3 is 0 Å². The number of carbonyl (C=O) groups is 1. The van der Waals surface area contributed by atoms with Gasteiger partial charge < -0.3 is 10.6 Å². The van der Waals surface area contributed by atoms with E-state index in [1.807, 2.05) is 0 Å². The molecule has 4 nitrogen and oxygen atoms in total. The first-order chi connectivity index (χ1) is 9.72. The first kappa shape index (κ1) is 16.7. The lowest BCUT2D eigenvalue weighted by Gasteiger charge is -2.27. The number of nitrogens with one attached hydrogen (secondary N) is 2. The van der Waals surface area contributed by atoms with Crippen LogP contribution in [0.15, 0.2) is 5.38 Å². The van der Waals surface area contributed by atoms with Crippen LogP contribution in [-0.2, 0) is 4.79 Å². The van der Waals surface area contributed by atoms with Crippen molar-refractivity contribution in [1.82, 2.24) is 10.3 Å². The number of hydrogen-bond donors (Lipinski definition) is 2. The summed E-state index contributed by atoms with van der Waals surface area (Å²) in [5.74, 6) is 1.92. The summed E-state index contributed by atoms with van der Waals surface area (Å²) in [6.45, 7) is 4.38. The molecule has 6 heteroatoms. The first-order valence-corrected chi connectivity index (χ1v) is 8.56. The lowest BCUT2D eigenvalue weighted by atomic mass is 9.84. The van der Waals surface area contributed by atoms with Gasteiger partial charge in [0.25, 0.3) is 0 Å². The van der Waals surface area contributed by atoms with Crippen LogP contribution in [0.3, 0.4) is 0 Å². The molecule has 1 unspecified atom stereocenters. The molecule has 1 aliphatic carbocycles. The maximum atomic E-state index is 12.1. The summed E-state index contributed by atoms with van der Waals surface area (Å²) in [4.78, 5) is 16.6. The molecule has 1 aromatic heterocycles. The van der Waals surface area contributed by atoms with Crippen LogP contribution < -0.4 is 10.6 Å². The van der Waals surface area contributed by atoms with Crippen molar-refractivity contribution in [1.29, 1.82) is 0 Å². The molecule has 118 valence electrons. The van der Waals surface area contributed by atoms with Crippen LogP contribution in [0.2, 0.25) is 0 Å². The molecule has 3 rings (SSSR count). The van der Waals surface area contributed by atoms with Crippen LogP contribution in [0.4, 0.5) is 5.13 Å². The summed E-state index contributed by atoms with van der Waals surface area (Å²) in [7, 11) is 0. The molecule has 1 atom stereocenters. The van der Waals surface area contributed by atoms with Crippen LogP contribution in [-0.4, -0.2) is 24.0 Å². The molecule has 1 saturated carbocycles. The van der Waals surface area contributed by atoms with Gasteiger partial charge in [-0.3, -0.25) is 4.79 Å². The van der Waals surface area contributed by atoms with Gasteiger partial charge in [-0.2, -0.15) is 0 Å². The zero-order valence-corrected chi connectivity index (χ0v) is 14.1. The monoisotopic (exact) mass is 329 g/mol. The predicted molar refractivity (Wildman–Crippen MR) is 89.3 cm³/mol. The predicted octanol–water partition coefficient (Wildman–Crippen LogP) is 3.41. The van der Waals surface area contributed by atoms with Gasteiger partial charge in [0.15, 0.2) is 5.13 Å². The van der Waals surface area contributed by atoms with E-state index in [9.17, 15) is 4.79 Å². The average Bonchev–Trinajstić information content (AvgIpc) is 3.20. The Morgan fingerprint density at radius 1 is 1.43 bits per heavy atom. The number of halogens is 1. The van der Waals surface area contributed by atoms with Gasteiger partial charge in [-0.05, 0) is 50.6 Å². The maximum Gasteiger partial charge on any atom is 0.226 e. The van der Waals surface area contributed by atoms with E-state index in [1.54, 1.807) is 11.3 Å². The van der Waals surface area contributed by atoms with E-state index in [2.05, 4.69) is 27.9 Å². The van der Waals surface area contributed by atoms with E-state index in [0.29, 0.717) is 24.2 Å². The van der Waals surface area contributed by atoms with Gasteiger partial charge in [-0.1, -0.05) is 6.92 Å². The molecular formula is C15H24ClN3OS. The van der Waals surface area contributed by atoms with Crippen molar-refractivity contribution >= 4 is 34.8 Å². The molecule has 1 aromatic rings. The summed E-state index contributed by atoms with van der Waals surface area (Å²) in [5.41, 5.74) is 1.16. The van der Waals surface area contributed by atoms with Crippen molar-refractivity contribution in [3.05, 3.63) is 11.1 Å². The molecule has 2 fully saturated rings. The van der Waals surface area contributed by atoms with Gasteiger partial charge in [0.2, 0.25) is 5.91 Å². The summed E-state index contributed by atoms with van der Waals surface area (Å²) in [6, 6.07) is 0. The number of thiazole rings is 1. The Bertz CT molecular complexity index is 469. The molecule has 1 amide bonds. The third kappa shape index (κ3) is 4.66. The standard InChI is InChI=1S/C15H23N3OS.ClH/c1-10(11-4-6-16-7-5-11)8-14(19)18-15-17-13(9-20-15)12-2-3-12;/h9-12,16H,2-8H2,1H3,(H,17,18,19);1H. The largest absolute Gasteiger partial charge is 0.317 e. The van der Waals surface area contributed by atoms with Gasteiger partial charge in [0, 0.05) is 17.7 Å². The van der Waals surface area contributed by atoms with Crippen molar-refractivity contribution in [2.75, 3.05) is 18.4 Å². The number of carbonyl (C=O) groups excluding carboxylic acids is 1. The van der Waals surface area contributed by atoms with Gasteiger partial charge in [0.05, 0.1) is 5.69 Å². The van der Waals surface area contributed by atoms with E-state index in [4.69, 9.17) is 0 Å². The lowest BCUT2D eigenvalue weighted by molar-refractivity contribution is -0.117. The third-order valence-corrected chi connectivity index (χ3v) is 5.24. The highest BCUT2D eigenvalue weighted by atomic mass is 35.5. The molecule has 1 aliphatic heterocycles. The summed E-state index contributed by atoms with van der Waals surface area (Å²) < 4.78 is 0. The highest BCUT2D eigenvalue weighted by Gasteiger charge is 2.26. The zero-order chi connectivity index (χ0) is 13.9. The van der Waals surface area contributed by atoms with Crippen molar-refractivity contribution in [2.24, 2.45) is 11.8 Å². The Labute approximate surface area is 136 Å². The Hall–Kier alpha value is -0.650. The number of aromatic nitrogens is 1. The Balaban J connectivity index is 0.00000161. The summed E-state index contributed by atoms with van der Waals surface area (Å²) in [6.07, 6.45) is 5.51. The normalized spacial score (nSPS) is 20.6. The third-order valence-electron chi connectivity index (χ3n) is 4.46. The Kier molecular flexibility index (Phi) is 6.02. The Morgan fingerprint density at radius 3 is 2.81 bits per heavy atom. The van der Waals surface area contributed by atoms with E-state index < -0.39 is 0 Å². The second-order valence-electron chi connectivity index (χ2n) is 6.17. The van der Waals surface area contributed by atoms with Crippen LogP contribution in [0.25, 0.3) is 0 Å². The van der Waals surface area contributed by atoms with Gasteiger partial charge in [-0.25, -0.2) is 4.98 Å². The van der Waals surface area contributed by atoms with Gasteiger partial charge in [-0.15, -0.1) is 23.7 Å². The van der Waals surface area contributed by atoms with Crippen molar-refractivity contribution in [2.45, 2.75) is 44.9 Å². The summed E-state index contributed by atoms with van der Waals surface area (Å²) >= 11 is 1.56. The van der Waals surface area contributed by atoms with E-state index >= 15 is 0 Å². The molecule has 21 heavy (non-hydrogen) atoms. The van der Waals surface area contributed by atoms with Gasteiger partial charge in [0.1, 0.15) is 0 Å². The summed E-state index contributed by atoms with van der Waals surface area (Å²) in [5, 5.41) is 9.20. The van der Waals surface area contributed by atoms with Crippen LogP contribution >= 0.6 is 23.7 Å². The second kappa shape index (κ2) is 7.56. The minimum atomic E-state index is 0. The fraction of sp³-hybridized carbons (Fsp3) is 0.733. The quantitative estimate of drug-likeness (QED) is 0.870. The Morgan fingerprint density at radius 2 is 2.14 bits per heavy atom. The fourth-order valence-electron chi connectivity index (χ4n) is 2.95. The molecule has 0 radical (unpaired) electrons. The van der Waals surface area contributed by atoms with Crippen molar-refractivity contribution in [3.8, 4) is 0 Å². The fourth-order valence-corrected chi connectivity index (χ4v) is 3.76. The number of rotatable bonds is 5. The highest BCUT2D eigenvalue weighted by molar-refractivity contribution is 7.13. The molecule has 1 saturated heterocycles. The second-order valence-corrected chi connectivity index (χ2v) is 7.03. The molecule has 0 bridgehead atoms. The molecule has 0 spiro atoms. The SMILES string of the molecule is CC(CC(=O)Nc1nc(C2CC2)cs1)C1CCNCC1.Cl. The highest BCUT2D eigenvalue weighted by Crippen LogP contribution is 2.40. The number of piperidine rings is 1. The van der Waals surface area contributed by atoms with E-state index in [1.165, 1.54) is 25.7 Å². The zero-order valence-electron chi connectivity index (χ0n) is 12.4. The topological polar surface area (TPSA) is 54.0 Å². The average molecular weight is 330 g/mol. The molecule has 2 heterocycles. The first-order valence-electron chi connectivity index (χ1n) is 7.68. The molecule has 2 N–H and O–H groups in total. The van der Waals surface area contributed by atoms with Crippen molar-refractivity contribution < 1.29 is 4.79 Å². The molecular weight excluding hydrogens is 306 g/mol. The van der Waals surface area contributed by atoms with E-state index in [-0.39, 0.29) is 18.3 Å². The molecule has 2 aliphatic rings. The van der Waals surface area contributed by atoms with Crippen LogP contribution in [0, 0.1) is 11.8 Å². The minimum Gasteiger partial charge on any atom is -0.317 e. The molecule has 0 aromatic carbocycles. The van der Waals surface area contributed by atoms with Crippen LogP contribution in [0.1, 0.15) is 50.6 Å². The smallest absolute Gasteiger partial charge is 0.226 e.